The van der Waals surface area contributed by atoms with Crippen LogP contribution < -0.4 is 5.32 Å². The molecule has 1 saturated carbocycles. The Balaban J connectivity index is 1.10. The van der Waals surface area contributed by atoms with Crippen LogP contribution in [0.1, 0.15) is 30.7 Å². The number of amides is 1. The standard InChI is InChI=1S/C28H27BrClN5O/c29-23-17-32-35-26(15-25(33-27(23)35)20-8-4-5-9-24(20)30)31-16-18-10-12-34(13-11-18)28(36)22-14-21(22)19-6-2-1-3-7-19/h1-9,15,17-18,21-22,31H,10-14,16H2/t21-,22+/m0/s1. The predicted octanol–water partition coefficient (Wildman–Crippen LogP) is 6.27. The lowest BCUT2D eigenvalue weighted by Gasteiger charge is -2.32. The number of halogens is 2. The second-order valence-corrected chi connectivity index (χ2v) is 11.0. The summed E-state index contributed by atoms with van der Waals surface area (Å²) in [6.45, 7) is 2.47. The molecule has 0 bridgehead atoms. The first-order valence-electron chi connectivity index (χ1n) is 12.5. The molecule has 4 aromatic rings. The molecule has 2 aliphatic rings. The third kappa shape index (κ3) is 4.62. The van der Waals surface area contributed by atoms with Gasteiger partial charge in [-0.2, -0.15) is 9.61 Å². The maximum Gasteiger partial charge on any atom is 0.226 e. The molecule has 1 aliphatic carbocycles. The number of fused-ring (bicyclic) bond motifs is 1. The van der Waals surface area contributed by atoms with Crippen molar-refractivity contribution < 1.29 is 4.79 Å². The highest BCUT2D eigenvalue weighted by Crippen LogP contribution is 2.48. The summed E-state index contributed by atoms with van der Waals surface area (Å²) >= 11 is 10.0. The van der Waals surface area contributed by atoms with Crippen molar-refractivity contribution in [2.75, 3.05) is 25.0 Å². The van der Waals surface area contributed by atoms with Crippen molar-refractivity contribution in [2.24, 2.45) is 11.8 Å². The van der Waals surface area contributed by atoms with Crippen LogP contribution in [0.15, 0.2) is 71.3 Å². The van der Waals surface area contributed by atoms with Crippen molar-refractivity contribution in [1.82, 2.24) is 19.5 Å². The fourth-order valence-electron chi connectivity index (χ4n) is 5.25. The Kier molecular flexibility index (Phi) is 6.44. The fraction of sp³-hybridized carbons (Fsp3) is 0.321. The van der Waals surface area contributed by atoms with E-state index in [4.69, 9.17) is 16.6 Å². The average molecular weight is 565 g/mol. The highest BCUT2D eigenvalue weighted by Gasteiger charge is 2.46. The maximum absolute atomic E-state index is 13.1. The van der Waals surface area contributed by atoms with Gasteiger partial charge in [0, 0.05) is 42.2 Å². The number of likely N-dealkylation sites (tertiary alicyclic amines) is 1. The molecule has 8 heteroatoms. The van der Waals surface area contributed by atoms with Crippen LogP contribution in [0.4, 0.5) is 5.82 Å². The number of aromatic nitrogens is 3. The molecule has 1 saturated heterocycles. The summed E-state index contributed by atoms with van der Waals surface area (Å²) in [7, 11) is 0. The van der Waals surface area contributed by atoms with Crippen LogP contribution in [0.5, 0.6) is 0 Å². The molecule has 1 N–H and O–H groups in total. The monoisotopic (exact) mass is 563 g/mol. The van der Waals surface area contributed by atoms with Gasteiger partial charge in [-0.15, -0.1) is 0 Å². The van der Waals surface area contributed by atoms with Gasteiger partial charge >= 0.3 is 0 Å². The van der Waals surface area contributed by atoms with Crippen molar-refractivity contribution in [2.45, 2.75) is 25.2 Å². The Morgan fingerprint density at radius 1 is 1.08 bits per heavy atom. The number of carbonyl (C=O) groups excluding carboxylic acids is 1. The third-order valence-electron chi connectivity index (χ3n) is 7.41. The Labute approximate surface area is 223 Å². The van der Waals surface area contributed by atoms with Gasteiger partial charge in [-0.05, 0) is 58.7 Å². The van der Waals surface area contributed by atoms with Gasteiger partial charge in [0.15, 0.2) is 5.65 Å². The molecule has 0 unspecified atom stereocenters. The summed E-state index contributed by atoms with van der Waals surface area (Å²) < 4.78 is 2.65. The molecule has 2 atom stereocenters. The zero-order chi connectivity index (χ0) is 24.6. The van der Waals surface area contributed by atoms with E-state index in [1.54, 1.807) is 6.20 Å². The summed E-state index contributed by atoms with van der Waals surface area (Å²) in [5.74, 6) is 2.26. The van der Waals surface area contributed by atoms with Crippen LogP contribution in [-0.4, -0.2) is 45.0 Å². The van der Waals surface area contributed by atoms with Gasteiger partial charge in [0.05, 0.1) is 16.4 Å². The Bertz CT molecular complexity index is 1400. The number of anilines is 1. The van der Waals surface area contributed by atoms with E-state index in [1.165, 1.54) is 5.56 Å². The molecule has 3 heterocycles. The minimum atomic E-state index is 0.161. The van der Waals surface area contributed by atoms with Gasteiger partial charge in [-0.1, -0.05) is 60.1 Å². The Hall–Kier alpha value is -2.90. The summed E-state index contributed by atoms with van der Waals surface area (Å²) in [6, 6.07) is 20.2. The highest BCUT2D eigenvalue weighted by atomic mass is 79.9. The normalized spacial score (nSPS) is 20.0. The SMILES string of the molecule is O=C([C@@H]1C[C@H]1c1ccccc1)N1CCC(CNc2cc(-c3ccccc3Cl)nc3c(Br)cnn23)CC1. The smallest absolute Gasteiger partial charge is 0.226 e. The van der Waals surface area contributed by atoms with Gasteiger partial charge in [0.1, 0.15) is 5.82 Å². The van der Waals surface area contributed by atoms with Crippen LogP contribution in [0.2, 0.25) is 5.02 Å². The van der Waals surface area contributed by atoms with Gasteiger partial charge in [-0.25, -0.2) is 4.98 Å². The van der Waals surface area contributed by atoms with Crippen molar-refractivity contribution in [3.05, 3.63) is 81.9 Å². The molecule has 2 aromatic carbocycles. The van der Waals surface area contributed by atoms with E-state index in [0.29, 0.717) is 22.8 Å². The first kappa shape index (κ1) is 23.5. The summed E-state index contributed by atoms with van der Waals surface area (Å²) in [5, 5.41) is 8.76. The molecule has 0 radical (unpaired) electrons. The Morgan fingerprint density at radius 3 is 2.61 bits per heavy atom. The van der Waals surface area contributed by atoms with Crippen molar-refractivity contribution in [3.63, 3.8) is 0 Å². The number of hydrogen-bond donors (Lipinski definition) is 1. The molecular weight excluding hydrogens is 538 g/mol. The molecule has 1 aliphatic heterocycles. The number of benzene rings is 2. The van der Waals surface area contributed by atoms with E-state index in [-0.39, 0.29) is 5.92 Å². The summed E-state index contributed by atoms with van der Waals surface area (Å²) in [5.41, 5.74) is 3.72. The quantitative estimate of drug-likeness (QED) is 0.300. The van der Waals surface area contributed by atoms with E-state index in [0.717, 1.165) is 66.1 Å². The summed E-state index contributed by atoms with van der Waals surface area (Å²) in [4.78, 5) is 19.9. The molecule has 2 fully saturated rings. The minimum Gasteiger partial charge on any atom is -0.370 e. The molecule has 36 heavy (non-hydrogen) atoms. The number of hydrogen-bond acceptors (Lipinski definition) is 4. The first-order chi connectivity index (χ1) is 17.6. The fourth-order valence-corrected chi connectivity index (χ4v) is 5.83. The van der Waals surface area contributed by atoms with Crippen LogP contribution in [0.25, 0.3) is 16.9 Å². The van der Waals surface area contributed by atoms with Crippen LogP contribution in [-0.2, 0) is 4.79 Å². The first-order valence-corrected chi connectivity index (χ1v) is 13.6. The zero-order valence-corrected chi connectivity index (χ0v) is 22.1. The zero-order valence-electron chi connectivity index (χ0n) is 19.8. The maximum atomic E-state index is 13.1. The number of nitrogens with zero attached hydrogens (tertiary/aromatic N) is 4. The lowest BCUT2D eigenvalue weighted by atomic mass is 9.96. The molecule has 2 aromatic heterocycles. The number of nitrogens with one attached hydrogen (secondary N) is 1. The topological polar surface area (TPSA) is 62.5 Å². The Morgan fingerprint density at radius 2 is 1.83 bits per heavy atom. The van der Waals surface area contributed by atoms with Crippen molar-refractivity contribution in [3.8, 4) is 11.3 Å². The van der Waals surface area contributed by atoms with Crippen LogP contribution >= 0.6 is 27.5 Å². The lowest BCUT2D eigenvalue weighted by Crippen LogP contribution is -2.40. The van der Waals surface area contributed by atoms with Crippen molar-refractivity contribution >= 4 is 44.9 Å². The van der Waals surface area contributed by atoms with Crippen LogP contribution in [0.3, 0.4) is 0 Å². The van der Waals surface area contributed by atoms with E-state index in [1.807, 2.05) is 40.9 Å². The van der Waals surface area contributed by atoms with E-state index < -0.39 is 0 Å². The third-order valence-corrected chi connectivity index (χ3v) is 8.30. The molecule has 0 spiro atoms. The van der Waals surface area contributed by atoms with E-state index in [2.05, 4.69) is 55.5 Å². The van der Waals surface area contributed by atoms with Gasteiger partial charge < -0.3 is 10.2 Å². The number of carbonyl (C=O) groups is 1. The van der Waals surface area contributed by atoms with Crippen molar-refractivity contribution in [1.29, 1.82) is 0 Å². The van der Waals surface area contributed by atoms with Crippen LogP contribution in [0, 0.1) is 11.8 Å². The number of rotatable bonds is 6. The van der Waals surface area contributed by atoms with Gasteiger partial charge in [-0.3, -0.25) is 4.79 Å². The largest absolute Gasteiger partial charge is 0.370 e. The minimum absolute atomic E-state index is 0.161. The lowest BCUT2D eigenvalue weighted by molar-refractivity contribution is -0.134. The van der Waals surface area contributed by atoms with Gasteiger partial charge in [0.2, 0.25) is 5.91 Å². The second-order valence-electron chi connectivity index (χ2n) is 9.74. The molecule has 184 valence electrons. The summed E-state index contributed by atoms with van der Waals surface area (Å²) in [6.07, 6.45) is 4.73. The molecule has 6 rings (SSSR count). The molecule has 6 nitrogen and oxygen atoms in total. The predicted molar refractivity (Wildman–Crippen MR) is 146 cm³/mol. The van der Waals surface area contributed by atoms with Gasteiger partial charge in [0.25, 0.3) is 0 Å². The molecular formula is C28H27BrClN5O. The highest BCUT2D eigenvalue weighted by molar-refractivity contribution is 9.10. The molecule has 1 amide bonds. The second kappa shape index (κ2) is 9.87. The number of piperidine rings is 1. The van der Waals surface area contributed by atoms with E-state index >= 15 is 0 Å². The average Bonchev–Trinajstić information content (AvgIpc) is 3.64. The van der Waals surface area contributed by atoms with E-state index in [9.17, 15) is 4.79 Å².